The van der Waals surface area contributed by atoms with Gasteiger partial charge in [0.1, 0.15) is 0 Å². The number of carbonyl (C=O) groups excluding carboxylic acids is 1. The van der Waals surface area contributed by atoms with Gasteiger partial charge in [-0.25, -0.2) is 0 Å². The highest BCUT2D eigenvalue weighted by atomic mass is 35.5. The summed E-state index contributed by atoms with van der Waals surface area (Å²) in [6.45, 7) is 5.34. The van der Waals surface area contributed by atoms with Gasteiger partial charge < -0.3 is 22.5 Å². The van der Waals surface area contributed by atoms with Crippen LogP contribution in [0, 0.1) is 17.3 Å². The van der Waals surface area contributed by atoms with E-state index in [0.717, 1.165) is 70.5 Å². The summed E-state index contributed by atoms with van der Waals surface area (Å²) in [7, 11) is 0. The fourth-order valence-electron chi connectivity index (χ4n) is 7.00. The van der Waals surface area contributed by atoms with Gasteiger partial charge in [0.2, 0.25) is 5.91 Å². The normalized spacial score (nSPS) is 36.7. The second kappa shape index (κ2) is 7.97. The average Bonchev–Trinajstić information content (AvgIpc) is 2.68. The molecule has 1 aliphatic heterocycles. The lowest BCUT2D eigenvalue weighted by molar-refractivity contribution is -0.149. The zero-order valence-electron chi connectivity index (χ0n) is 16.7. The molecule has 1 heterocycles. The molecule has 28 heavy (non-hydrogen) atoms. The van der Waals surface area contributed by atoms with E-state index < -0.39 is 0 Å². The summed E-state index contributed by atoms with van der Waals surface area (Å²) < 4.78 is 5.42. The van der Waals surface area contributed by atoms with Gasteiger partial charge in [0.25, 0.3) is 0 Å². The zero-order valence-corrected chi connectivity index (χ0v) is 17.4. The van der Waals surface area contributed by atoms with E-state index in [1.54, 1.807) is 0 Å². The van der Waals surface area contributed by atoms with Crippen LogP contribution < -0.4 is 17.7 Å². The molecule has 1 amide bonds. The highest BCUT2D eigenvalue weighted by Crippen LogP contribution is 2.65. The number of carbonyl (C=O) groups is 1. The average molecular weight is 404 g/mol. The minimum atomic E-state index is -0.120. The second-order valence-electron chi connectivity index (χ2n) is 9.60. The van der Waals surface area contributed by atoms with Crippen LogP contribution in [0.25, 0.3) is 0 Å². The van der Waals surface area contributed by atoms with E-state index >= 15 is 0 Å². The fraction of sp³-hybridized carbons (Fsp3) is 0.696. The van der Waals surface area contributed by atoms with Gasteiger partial charge in [-0.15, -0.1) is 0 Å². The summed E-state index contributed by atoms with van der Waals surface area (Å²) >= 11 is 0. The lowest BCUT2D eigenvalue weighted by Gasteiger charge is -2.61. The number of hydrogen-bond donors (Lipinski definition) is 1. The predicted octanol–water partition coefficient (Wildman–Crippen LogP) is -0.0230. The number of rotatable bonds is 5. The van der Waals surface area contributed by atoms with E-state index in [9.17, 15) is 4.79 Å². The Labute approximate surface area is 174 Å². The summed E-state index contributed by atoms with van der Waals surface area (Å²) in [6.07, 6.45) is 7.20. The molecule has 5 heteroatoms. The molecule has 2 unspecified atom stereocenters. The van der Waals surface area contributed by atoms with Crippen LogP contribution >= 0.6 is 0 Å². The van der Waals surface area contributed by atoms with Gasteiger partial charge in [0, 0.05) is 26.2 Å². The van der Waals surface area contributed by atoms with Crippen molar-refractivity contribution < 1.29 is 21.9 Å². The van der Waals surface area contributed by atoms with Gasteiger partial charge in [0.05, 0.1) is 18.6 Å². The van der Waals surface area contributed by atoms with E-state index in [-0.39, 0.29) is 23.2 Å². The van der Waals surface area contributed by atoms with Crippen LogP contribution in [0.5, 0.6) is 0 Å². The molecule has 5 aliphatic rings. The summed E-state index contributed by atoms with van der Waals surface area (Å²) in [5.74, 6) is 1.80. The standard InChI is InChI=1S/C23H32N2O2.ClH/c26-21(24-6-7-25-8-10-27-11-9-25)23-15-18-12-19(16-23)14-22(13-18,17-23)20-4-2-1-3-5-20;/h1-5,18-19H,6-17H2,(H,24,26);1H/p-1. The molecule has 5 fully saturated rings. The molecule has 2 atom stereocenters. The monoisotopic (exact) mass is 403 g/mol. The van der Waals surface area contributed by atoms with Crippen LogP contribution in [0.15, 0.2) is 30.3 Å². The number of ether oxygens (including phenoxy) is 1. The third-order valence-electron chi connectivity index (χ3n) is 7.75. The zero-order chi connectivity index (χ0) is 18.3. The lowest BCUT2D eigenvalue weighted by atomic mass is 9.42. The van der Waals surface area contributed by atoms with E-state index in [1.807, 2.05) is 0 Å². The highest BCUT2D eigenvalue weighted by Gasteiger charge is 2.60. The Hall–Kier alpha value is -1.10. The quantitative estimate of drug-likeness (QED) is 0.751. The number of hydrogen-bond acceptors (Lipinski definition) is 3. The maximum Gasteiger partial charge on any atom is 0.226 e. The molecule has 4 saturated carbocycles. The molecule has 0 radical (unpaired) electrons. The number of morpholine rings is 1. The Morgan fingerprint density at radius 1 is 1.07 bits per heavy atom. The molecular weight excluding hydrogens is 372 g/mol. The van der Waals surface area contributed by atoms with E-state index in [4.69, 9.17) is 4.74 Å². The van der Waals surface area contributed by atoms with Gasteiger partial charge in [-0.2, -0.15) is 0 Å². The summed E-state index contributed by atoms with van der Waals surface area (Å²) in [4.78, 5) is 15.8. The Morgan fingerprint density at radius 3 is 2.43 bits per heavy atom. The lowest BCUT2D eigenvalue weighted by Crippen LogP contribution is -3.00. The first-order valence-corrected chi connectivity index (χ1v) is 10.8. The van der Waals surface area contributed by atoms with Gasteiger partial charge >= 0.3 is 0 Å². The first-order valence-electron chi connectivity index (χ1n) is 10.8. The molecule has 4 nitrogen and oxygen atoms in total. The maximum absolute atomic E-state index is 13.4. The third-order valence-corrected chi connectivity index (χ3v) is 7.75. The molecule has 0 spiro atoms. The van der Waals surface area contributed by atoms with Gasteiger partial charge in [-0.05, 0) is 61.3 Å². The van der Waals surface area contributed by atoms with Crippen LogP contribution in [0.3, 0.4) is 0 Å². The first-order chi connectivity index (χ1) is 13.2. The number of nitrogens with one attached hydrogen (secondary N) is 1. The number of halogens is 1. The van der Waals surface area contributed by atoms with Crippen LogP contribution in [0.2, 0.25) is 0 Å². The Balaban J connectivity index is 0.00000192. The van der Waals surface area contributed by atoms with E-state index in [2.05, 4.69) is 40.5 Å². The predicted molar refractivity (Wildman–Crippen MR) is 106 cm³/mol. The fourth-order valence-corrected chi connectivity index (χ4v) is 7.00. The molecule has 1 aromatic rings. The third kappa shape index (κ3) is 3.59. The molecule has 1 saturated heterocycles. The van der Waals surface area contributed by atoms with Crippen molar-refractivity contribution in [3.05, 3.63) is 35.9 Å². The van der Waals surface area contributed by atoms with Crippen molar-refractivity contribution in [2.45, 2.75) is 43.9 Å². The summed E-state index contributed by atoms with van der Waals surface area (Å²) in [6, 6.07) is 11.1. The van der Waals surface area contributed by atoms with Gasteiger partial charge in [-0.3, -0.25) is 9.69 Å². The smallest absolute Gasteiger partial charge is 0.226 e. The molecule has 1 N–H and O–H groups in total. The second-order valence-corrected chi connectivity index (χ2v) is 9.60. The van der Waals surface area contributed by atoms with Crippen molar-refractivity contribution in [2.24, 2.45) is 17.3 Å². The molecule has 1 aromatic carbocycles. The largest absolute Gasteiger partial charge is 1.00 e. The molecule has 0 aromatic heterocycles. The topological polar surface area (TPSA) is 41.6 Å². The van der Waals surface area contributed by atoms with Crippen LogP contribution in [0.1, 0.15) is 44.1 Å². The van der Waals surface area contributed by atoms with Crippen molar-refractivity contribution in [2.75, 3.05) is 39.4 Å². The minimum absolute atomic E-state index is 0. The molecule has 6 rings (SSSR count). The number of amides is 1. The minimum Gasteiger partial charge on any atom is -1.00 e. The summed E-state index contributed by atoms with van der Waals surface area (Å²) in [5, 5.41) is 3.33. The van der Waals surface area contributed by atoms with Crippen LogP contribution in [0.4, 0.5) is 0 Å². The van der Waals surface area contributed by atoms with Crippen molar-refractivity contribution in [1.29, 1.82) is 0 Å². The Bertz CT molecular complexity index is 675. The van der Waals surface area contributed by atoms with Gasteiger partial charge in [0.15, 0.2) is 0 Å². The molecular formula is C23H32ClN2O2-. The maximum atomic E-state index is 13.4. The SMILES string of the molecule is O=C(NCCN1CCOCC1)C12CC3CC(C1)CC(c1ccccc1)(C3)C2.[Cl-]. The molecule has 154 valence electrons. The van der Waals surface area contributed by atoms with Crippen molar-refractivity contribution >= 4 is 5.91 Å². The van der Waals surface area contributed by atoms with Crippen molar-refractivity contribution in [3.8, 4) is 0 Å². The van der Waals surface area contributed by atoms with E-state index in [1.165, 1.54) is 24.8 Å². The number of nitrogens with zero attached hydrogens (tertiary/aromatic N) is 1. The highest BCUT2D eigenvalue weighted by molar-refractivity contribution is 5.83. The van der Waals surface area contributed by atoms with Crippen LogP contribution in [-0.2, 0) is 14.9 Å². The molecule has 4 aliphatic carbocycles. The Kier molecular flexibility index (Phi) is 5.74. The first kappa shape index (κ1) is 20.2. The van der Waals surface area contributed by atoms with E-state index in [0.29, 0.717) is 5.91 Å². The van der Waals surface area contributed by atoms with Gasteiger partial charge in [-0.1, -0.05) is 30.3 Å². The Morgan fingerprint density at radius 2 is 1.75 bits per heavy atom. The van der Waals surface area contributed by atoms with Crippen molar-refractivity contribution in [1.82, 2.24) is 10.2 Å². The van der Waals surface area contributed by atoms with Crippen LogP contribution in [-0.4, -0.2) is 50.2 Å². The summed E-state index contributed by atoms with van der Waals surface area (Å²) in [5.41, 5.74) is 1.60. The molecule has 4 bridgehead atoms. The number of benzene rings is 1. The van der Waals surface area contributed by atoms with Crippen molar-refractivity contribution in [3.63, 3.8) is 0 Å².